The molecular formula is C16H15NO3S. The summed E-state index contributed by atoms with van der Waals surface area (Å²) in [5.41, 5.74) is 0.519. The molecule has 21 heavy (non-hydrogen) atoms. The molecule has 108 valence electrons. The molecule has 0 saturated heterocycles. The SMILES string of the molecule is CCOc1cncc(C(=O)C2CSc3ccccc3O2)c1. The second-order valence-electron chi connectivity index (χ2n) is 4.57. The van der Waals surface area contributed by atoms with Crippen LogP contribution in [0.3, 0.4) is 0 Å². The van der Waals surface area contributed by atoms with Crippen molar-refractivity contribution in [3.05, 3.63) is 48.3 Å². The van der Waals surface area contributed by atoms with Crippen LogP contribution < -0.4 is 9.47 Å². The fraction of sp³-hybridized carbons (Fsp3) is 0.250. The number of hydrogen-bond donors (Lipinski definition) is 0. The number of ketones is 1. The van der Waals surface area contributed by atoms with Gasteiger partial charge in [-0.2, -0.15) is 0 Å². The van der Waals surface area contributed by atoms with Crippen molar-refractivity contribution in [3.8, 4) is 11.5 Å². The lowest BCUT2D eigenvalue weighted by molar-refractivity contribution is 0.0814. The van der Waals surface area contributed by atoms with E-state index in [1.807, 2.05) is 31.2 Å². The van der Waals surface area contributed by atoms with Gasteiger partial charge in [-0.1, -0.05) is 12.1 Å². The molecule has 1 aromatic carbocycles. The van der Waals surface area contributed by atoms with E-state index >= 15 is 0 Å². The van der Waals surface area contributed by atoms with Crippen LogP contribution in [0.1, 0.15) is 17.3 Å². The maximum Gasteiger partial charge on any atom is 0.205 e. The van der Waals surface area contributed by atoms with Gasteiger partial charge in [0, 0.05) is 22.4 Å². The maximum absolute atomic E-state index is 12.5. The number of thioether (sulfide) groups is 1. The van der Waals surface area contributed by atoms with Crippen LogP contribution in [0, 0.1) is 0 Å². The third kappa shape index (κ3) is 3.03. The van der Waals surface area contributed by atoms with Crippen LogP contribution in [0.5, 0.6) is 11.5 Å². The van der Waals surface area contributed by atoms with Crippen molar-refractivity contribution in [1.29, 1.82) is 0 Å². The van der Waals surface area contributed by atoms with E-state index in [1.165, 1.54) is 0 Å². The van der Waals surface area contributed by atoms with Gasteiger partial charge in [0.25, 0.3) is 0 Å². The molecule has 3 rings (SSSR count). The Kier molecular flexibility index (Phi) is 4.10. The summed E-state index contributed by atoms with van der Waals surface area (Å²) < 4.78 is 11.2. The zero-order chi connectivity index (χ0) is 14.7. The Morgan fingerprint density at radius 3 is 3.14 bits per heavy atom. The van der Waals surface area contributed by atoms with Gasteiger partial charge in [-0.25, -0.2) is 0 Å². The van der Waals surface area contributed by atoms with Gasteiger partial charge in [0.15, 0.2) is 6.10 Å². The zero-order valence-electron chi connectivity index (χ0n) is 11.6. The molecule has 1 aromatic heterocycles. The van der Waals surface area contributed by atoms with E-state index in [2.05, 4.69) is 4.98 Å². The van der Waals surface area contributed by atoms with E-state index in [1.54, 1.807) is 30.2 Å². The van der Waals surface area contributed by atoms with Crippen molar-refractivity contribution >= 4 is 17.5 Å². The molecule has 0 radical (unpaired) electrons. The fourth-order valence-electron chi connectivity index (χ4n) is 2.13. The Bertz CT molecular complexity index is 659. The minimum atomic E-state index is -0.483. The van der Waals surface area contributed by atoms with E-state index in [-0.39, 0.29) is 5.78 Å². The quantitative estimate of drug-likeness (QED) is 0.812. The Balaban J connectivity index is 1.79. The number of ether oxygens (including phenoxy) is 2. The summed E-state index contributed by atoms with van der Waals surface area (Å²) in [5, 5.41) is 0. The first-order chi connectivity index (χ1) is 10.3. The summed E-state index contributed by atoms with van der Waals surface area (Å²) >= 11 is 1.64. The number of nitrogens with zero attached hydrogens (tertiary/aromatic N) is 1. The summed E-state index contributed by atoms with van der Waals surface area (Å²) in [4.78, 5) is 17.7. The molecule has 0 bridgehead atoms. The molecule has 2 heterocycles. The molecule has 0 aliphatic carbocycles. The molecule has 2 aromatic rings. The van der Waals surface area contributed by atoms with Crippen molar-refractivity contribution < 1.29 is 14.3 Å². The Hall–Kier alpha value is -2.01. The largest absolute Gasteiger partial charge is 0.492 e. The van der Waals surface area contributed by atoms with Gasteiger partial charge in [0.1, 0.15) is 11.5 Å². The number of rotatable bonds is 4. The molecule has 1 aliphatic rings. The lowest BCUT2D eigenvalue weighted by atomic mass is 10.1. The predicted octanol–water partition coefficient (Wildman–Crippen LogP) is 3.22. The number of pyridine rings is 1. The van der Waals surface area contributed by atoms with Gasteiger partial charge in [-0.3, -0.25) is 9.78 Å². The van der Waals surface area contributed by atoms with Gasteiger partial charge in [0.2, 0.25) is 5.78 Å². The standard InChI is InChI=1S/C16H15NO3S/c1-2-19-12-7-11(8-17-9-12)16(18)14-10-21-15-6-4-3-5-13(15)20-14/h3-9,14H,2,10H2,1H3. The molecule has 4 nitrogen and oxygen atoms in total. The number of hydrogen-bond acceptors (Lipinski definition) is 5. The lowest BCUT2D eigenvalue weighted by Gasteiger charge is -2.24. The molecule has 1 atom stereocenters. The molecule has 5 heteroatoms. The summed E-state index contributed by atoms with van der Waals surface area (Å²) in [6, 6.07) is 9.47. The molecule has 0 saturated carbocycles. The molecule has 0 N–H and O–H groups in total. The van der Waals surface area contributed by atoms with Crippen LogP contribution in [0.4, 0.5) is 0 Å². The third-order valence-electron chi connectivity index (χ3n) is 3.11. The minimum Gasteiger partial charge on any atom is -0.492 e. The highest BCUT2D eigenvalue weighted by atomic mass is 32.2. The molecule has 1 unspecified atom stereocenters. The van der Waals surface area contributed by atoms with Gasteiger partial charge < -0.3 is 9.47 Å². The average molecular weight is 301 g/mol. The number of aromatic nitrogens is 1. The first-order valence-corrected chi connectivity index (χ1v) is 7.77. The highest BCUT2D eigenvalue weighted by Gasteiger charge is 2.27. The number of benzene rings is 1. The Morgan fingerprint density at radius 2 is 2.29 bits per heavy atom. The smallest absolute Gasteiger partial charge is 0.205 e. The van der Waals surface area contributed by atoms with Gasteiger partial charge in [-0.15, -0.1) is 11.8 Å². The van der Waals surface area contributed by atoms with E-state index in [4.69, 9.17) is 9.47 Å². The predicted molar refractivity (Wildman–Crippen MR) is 81.3 cm³/mol. The van der Waals surface area contributed by atoms with Crippen LogP contribution in [-0.4, -0.2) is 29.2 Å². The maximum atomic E-state index is 12.5. The lowest BCUT2D eigenvalue weighted by Crippen LogP contribution is -2.32. The summed E-state index contributed by atoms with van der Waals surface area (Å²) in [5.74, 6) is 1.91. The second-order valence-corrected chi connectivity index (χ2v) is 5.63. The van der Waals surface area contributed by atoms with Crippen molar-refractivity contribution in [2.75, 3.05) is 12.4 Å². The van der Waals surface area contributed by atoms with E-state index in [0.717, 1.165) is 10.6 Å². The Morgan fingerprint density at radius 1 is 1.43 bits per heavy atom. The molecule has 0 fully saturated rings. The van der Waals surface area contributed by atoms with Crippen LogP contribution in [-0.2, 0) is 0 Å². The van der Waals surface area contributed by atoms with Crippen molar-refractivity contribution in [3.63, 3.8) is 0 Å². The number of para-hydroxylation sites is 1. The van der Waals surface area contributed by atoms with E-state index < -0.39 is 6.10 Å². The summed E-state index contributed by atoms with van der Waals surface area (Å²) in [6.07, 6.45) is 2.68. The topological polar surface area (TPSA) is 48.4 Å². The van der Waals surface area contributed by atoms with Crippen LogP contribution in [0.15, 0.2) is 47.6 Å². The zero-order valence-corrected chi connectivity index (χ0v) is 12.4. The van der Waals surface area contributed by atoms with Crippen molar-refractivity contribution in [1.82, 2.24) is 4.98 Å². The number of Topliss-reactive ketones (excluding diaryl/α,β-unsaturated/α-hetero) is 1. The van der Waals surface area contributed by atoms with Gasteiger partial charge >= 0.3 is 0 Å². The molecular weight excluding hydrogens is 286 g/mol. The van der Waals surface area contributed by atoms with E-state index in [9.17, 15) is 4.79 Å². The summed E-state index contributed by atoms with van der Waals surface area (Å²) in [6.45, 7) is 2.44. The minimum absolute atomic E-state index is 0.0638. The average Bonchev–Trinajstić information content (AvgIpc) is 2.54. The number of carbonyl (C=O) groups is 1. The van der Waals surface area contributed by atoms with E-state index in [0.29, 0.717) is 23.7 Å². The number of fused-ring (bicyclic) bond motifs is 1. The van der Waals surface area contributed by atoms with Crippen LogP contribution >= 0.6 is 11.8 Å². The molecule has 0 spiro atoms. The summed E-state index contributed by atoms with van der Waals surface area (Å²) in [7, 11) is 0. The first-order valence-electron chi connectivity index (χ1n) is 6.78. The van der Waals surface area contributed by atoms with Gasteiger partial charge in [-0.05, 0) is 25.1 Å². The highest BCUT2D eigenvalue weighted by molar-refractivity contribution is 7.99. The van der Waals surface area contributed by atoms with Crippen molar-refractivity contribution in [2.24, 2.45) is 0 Å². The Labute approximate surface area is 127 Å². The van der Waals surface area contributed by atoms with Gasteiger partial charge in [0.05, 0.1) is 12.8 Å². The molecule has 0 amide bonds. The third-order valence-corrected chi connectivity index (χ3v) is 4.23. The fourth-order valence-corrected chi connectivity index (χ4v) is 3.12. The molecule has 1 aliphatic heterocycles. The van der Waals surface area contributed by atoms with Crippen molar-refractivity contribution in [2.45, 2.75) is 17.9 Å². The van der Waals surface area contributed by atoms with Crippen LogP contribution in [0.25, 0.3) is 0 Å². The number of carbonyl (C=O) groups excluding carboxylic acids is 1. The normalized spacial score (nSPS) is 16.7. The monoisotopic (exact) mass is 301 g/mol. The first kappa shape index (κ1) is 13.9. The van der Waals surface area contributed by atoms with Crippen LogP contribution in [0.2, 0.25) is 0 Å². The second kappa shape index (κ2) is 6.18. The highest BCUT2D eigenvalue weighted by Crippen LogP contribution is 2.35.